The second-order valence-corrected chi connectivity index (χ2v) is 4.00. The molecule has 0 saturated heterocycles. The van der Waals surface area contributed by atoms with Gasteiger partial charge in [0.2, 0.25) is 0 Å². The molecule has 4 heteroatoms. The standard InChI is InChI=1S/C5H9O3P/c6-9(7,8)5-3-1-2-4-5/h1,3,5H,2,4H2,(H2,6,7,8). The summed E-state index contributed by atoms with van der Waals surface area (Å²) in [5.74, 6) is 0. The van der Waals surface area contributed by atoms with E-state index in [1.165, 1.54) is 0 Å². The van der Waals surface area contributed by atoms with Gasteiger partial charge in [0.05, 0.1) is 5.66 Å². The van der Waals surface area contributed by atoms with Gasteiger partial charge in [0, 0.05) is 0 Å². The molecule has 0 spiro atoms. The van der Waals surface area contributed by atoms with Crippen LogP contribution in [-0.2, 0) is 4.57 Å². The third kappa shape index (κ3) is 1.65. The molecule has 1 rings (SSSR count). The highest BCUT2D eigenvalue weighted by Crippen LogP contribution is 2.46. The van der Waals surface area contributed by atoms with Gasteiger partial charge in [-0.25, -0.2) is 0 Å². The van der Waals surface area contributed by atoms with E-state index in [4.69, 9.17) is 9.79 Å². The Morgan fingerprint density at radius 3 is 2.44 bits per heavy atom. The maximum atomic E-state index is 10.5. The van der Waals surface area contributed by atoms with Crippen LogP contribution in [0, 0.1) is 0 Å². The molecule has 1 aliphatic carbocycles. The van der Waals surface area contributed by atoms with Crippen molar-refractivity contribution in [3.8, 4) is 0 Å². The summed E-state index contributed by atoms with van der Waals surface area (Å²) in [6.45, 7) is 0. The Balaban J connectivity index is 2.64. The van der Waals surface area contributed by atoms with Crippen LogP contribution >= 0.6 is 7.60 Å². The Morgan fingerprint density at radius 1 is 1.56 bits per heavy atom. The minimum Gasteiger partial charge on any atom is -0.324 e. The molecule has 0 radical (unpaired) electrons. The Morgan fingerprint density at radius 2 is 2.22 bits per heavy atom. The maximum absolute atomic E-state index is 10.5. The van der Waals surface area contributed by atoms with Crippen molar-refractivity contribution in [2.24, 2.45) is 0 Å². The molecule has 0 aromatic heterocycles. The minimum atomic E-state index is -3.80. The van der Waals surface area contributed by atoms with E-state index in [1.54, 1.807) is 6.08 Å². The molecule has 9 heavy (non-hydrogen) atoms. The number of hydrogen-bond donors (Lipinski definition) is 2. The van der Waals surface area contributed by atoms with Gasteiger partial charge in [0.1, 0.15) is 0 Å². The van der Waals surface area contributed by atoms with Gasteiger partial charge >= 0.3 is 7.60 Å². The first-order valence-corrected chi connectivity index (χ1v) is 4.51. The van der Waals surface area contributed by atoms with Gasteiger partial charge in [-0.2, -0.15) is 0 Å². The molecular formula is C5H9O3P. The normalized spacial score (nSPS) is 27.1. The van der Waals surface area contributed by atoms with E-state index >= 15 is 0 Å². The Hall–Kier alpha value is -0.110. The molecule has 0 bridgehead atoms. The monoisotopic (exact) mass is 148 g/mol. The van der Waals surface area contributed by atoms with Gasteiger partial charge in [-0.3, -0.25) is 4.57 Å². The second-order valence-electron chi connectivity index (χ2n) is 2.16. The molecule has 0 heterocycles. The Labute approximate surface area is 53.6 Å². The van der Waals surface area contributed by atoms with Crippen molar-refractivity contribution in [1.82, 2.24) is 0 Å². The molecular weight excluding hydrogens is 139 g/mol. The van der Waals surface area contributed by atoms with Gasteiger partial charge in [-0.15, -0.1) is 0 Å². The zero-order valence-corrected chi connectivity index (χ0v) is 5.79. The van der Waals surface area contributed by atoms with Crippen LogP contribution in [-0.4, -0.2) is 15.4 Å². The number of rotatable bonds is 1. The van der Waals surface area contributed by atoms with Crippen LogP contribution in [0.15, 0.2) is 12.2 Å². The van der Waals surface area contributed by atoms with E-state index in [2.05, 4.69) is 0 Å². The molecule has 0 amide bonds. The van der Waals surface area contributed by atoms with Gasteiger partial charge in [-0.05, 0) is 12.8 Å². The molecule has 0 fully saturated rings. The van der Waals surface area contributed by atoms with Crippen LogP contribution < -0.4 is 0 Å². The van der Waals surface area contributed by atoms with Crippen molar-refractivity contribution in [3.63, 3.8) is 0 Å². The summed E-state index contributed by atoms with van der Waals surface area (Å²) in [6.07, 6.45) is 4.81. The molecule has 0 saturated carbocycles. The van der Waals surface area contributed by atoms with E-state index < -0.39 is 13.3 Å². The first-order chi connectivity index (χ1) is 4.11. The van der Waals surface area contributed by atoms with Crippen molar-refractivity contribution in [2.45, 2.75) is 18.5 Å². The van der Waals surface area contributed by atoms with E-state index in [-0.39, 0.29) is 0 Å². The predicted octanol–water partition coefficient (Wildman–Crippen LogP) is 0.883. The number of allylic oxidation sites excluding steroid dienone is 2. The molecule has 1 atom stereocenters. The lowest BCUT2D eigenvalue weighted by Crippen LogP contribution is -1.99. The minimum absolute atomic E-state index is 0.502. The average molecular weight is 148 g/mol. The highest BCUT2D eigenvalue weighted by atomic mass is 31.2. The summed E-state index contributed by atoms with van der Waals surface area (Å²) in [7, 11) is -3.80. The maximum Gasteiger partial charge on any atom is 0.332 e. The molecule has 0 aromatic rings. The molecule has 0 aromatic carbocycles. The summed E-state index contributed by atoms with van der Waals surface area (Å²) in [4.78, 5) is 17.2. The average Bonchev–Trinajstić information content (AvgIpc) is 2.08. The van der Waals surface area contributed by atoms with Crippen LogP contribution in [0.25, 0.3) is 0 Å². The van der Waals surface area contributed by atoms with Gasteiger partial charge < -0.3 is 9.79 Å². The quantitative estimate of drug-likeness (QED) is 0.428. The summed E-state index contributed by atoms with van der Waals surface area (Å²) in [5.41, 5.74) is -0.502. The largest absolute Gasteiger partial charge is 0.332 e. The van der Waals surface area contributed by atoms with E-state index in [0.717, 1.165) is 6.42 Å². The van der Waals surface area contributed by atoms with Crippen LogP contribution in [0.2, 0.25) is 0 Å². The lowest BCUT2D eigenvalue weighted by Gasteiger charge is -2.07. The lowest BCUT2D eigenvalue weighted by molar-refractivity contribution is 0.364. The summed E-state index contributed by atoms with van der Waals surface area (Å²) >= 11 is 0. The summed E-state index contributed by atoms with van der Waals surface area (Å²) < 4.78 is 10.5. The molecule has 0 aliphatic heterocycles. The molecule has 2 N–H and O–H groups in total. The predicted molar refractivity (Wildman–Crippen MR) is 34.2 cm³/mol. The molecule has 1 aliphatic rings. The van der Waals surface area contributed by atoms with Gasteiger partial charge in [-0.1, -0.05) is 12.2 Å². The third-order valence-electron chi connectivity index (χ3n) is 1.42. The van der Waals surface area contributed by atoms with Gasteiger partial charge in [0.25, 0.3) is 0 Å². The first-order valence-electron chi connectivity index (χ1n) is 2.82. The van der Waals surface area contributed by atoms with Crippen LogP contribution in [0.3, 0.4) is 0 Å². The Bertz CT molecular complexity index is 169. The zero-order valence-electron chi connectivity index (χ0n) is 4.90. The summed E-state index contributed by atoms with van der Waals surface area (Å²) in [6, 6.07) is 0. The fraction of sp³-hybridized carbons (Fsp3) is 0.600. The van der Waals surface area contributed by atoms with E-state index in [0.29, 0.717) is 6.42 Å². The van der Waals surface area contributed by atoms with Crippen LogP contribution in [0.1, 0.15) is 12.8 Å². The zero-order chi connectivity index (χ0) is 6.91. The van der Waals surface area contributed by atoms with Crippen molar-refractivity contribution in [2.75, 3.05) is 0 Å². The van der Waals surface area contributed by atoms with E-state index in [9.17, 15) is 4.57 Å². The van der Waals surface area contributed by atoms with Crippen LogP contribution in [0.4, 0.5) is 0 Å². The van der Waals surface area contributed by atoms with Gasteiger partial charge in [0.15, 0.2) is 0 Å². The molecule has 52 valence electrons. The topological polar surface area (TPSA) is 57.5 Å². The molecule has 3 nitrogen and oxygen atoms in total. The third-order valence-corrected chi connectivity index (χ3v) is 2.71. The fourth-order valence-electron chi connectivity index (χ4n) is 0.897. The Kier molecular flexibility index (Phi) is 1.75. The van der Waals surface area contributed by atoms with Crippen molar-refractivity contribution < 1.29 is 14.4 Å². The highest BCUT2D eigenvalue weighted by molar-refractivity contribution is 7.52. The van der Waals surface area contributed by atoms with Crippen LogP contribution in [0.5, 0.6) is 0 Å². The highest BCUT2D eigenvalue weighted by Gasteiger charge is 2.27. The lowest BCUT2D eigenvalue weighted by atomic mass is 10.4. The summed E-state index contributed by atoms with van der Waals surface area (Å²) in [5, 5.41) is 0. The van der Waals surface area contributed by atoms with Crippen molar-refractivity contribution in [1.29, 1.82) is 0 Å². The SMILES string of the molecule is O=P(O)(O)C1C=CCC1. The smallest absolute Gasteiger partial charge is 0.324 e. The fourth-order valence-corrected chi connectivity index (χ4v) is 1.73. The van der Waals surface area contributed by atoms with E-state index in [1.807, 2.05) is 6.08 Å². The van der Waals surface area contributed by atoms with Crippen molar-refractivity contribution >= 4 is 7.60 Å². The number of hydrogen-bond acceptors (Lipinski definition) is 1. The first kappa shape index (κ1) is 7.00. The van der Waals surface area contributed by atoms with Crippen molar-refractivity contribution in [3.05, 3.63) is 12.2 Å². The molecule has 1 unspecified atom stereocenters. The second kappa shape index (κ2) is 2.25.